The van der Waals surface area contributed by atoms with Gasteiger partial charge in [-0.1, -0.05) is 71.8 Å². The largest absolute Gasteiger partial charge is 0.393 e. The second-order valence-corrected chi connectivity index (χ2v) is 12.7. The summed E-state index contributed by atoms with van der Waals surface area (Å²) < 4.78 is 0. The lowest BCUT2D eigenvalue weighted by Crippen LogP contribution is -2.54. The van der Waals surface area contributed by atoms with Crippen molar-refractivity contribution in [3.8, 4) is 0 Å². The molecule has 0 aromatic carbocycles. The van der Waals surface area contributed by atoms with Gasteiger partial charge < -0.3 is 15.3 Å². The van der Waals surface area contributed by atoms with Crippen molar-refractivity contribution in [1.82, 2.24) is 0 Å². The van der Waals surface area contributed by atoms with E-state index < -0.39 is 12.2 Å². The first kappa shape index (κ1) is 24.5. The van der Waals surface area contributed by atoms with E-state index in [0.717, 1.165) is 19.3 Å². The Hall–Kier alpha value is -0.640. The minimum atomic E-state index is -0.414. The Morgan fingerprint density at radius 3 is 2.44 bits per heavy atom. The van der Waals surface area contributed by atoms with Crippen LogP contribution in [0.4, 0.5) is 0 Å². The monoisotopic (exact) mass is 444 g/mol. The van der Waals surface area contributed by atoms with Crippen molar-refractivity contribution in [1.29, 1.82) is 0 Å². The number of rotatable bonds is 6. The van der Waals surface area contributed by atoms with E-state index in [1.165, 1.54) is 24.8 Å². The van der Waals surface area contributed by atoms with Crippen molar-refractivity contribution < 1.29 is 15.3 Å². The fourth-order valence-electron chi connectivity index (χ4n) is 8.84. The molecule has 3 unspecified atom stereocenters. The number of hydrogen-bond acceptors (Lipinski definition) is 3. The predicted molar refractivity (Wildman–Crippen MR) is 131 cm³/mol. The minimum Gasteiger partial charge on any atom is -0.393 e. The fraction of sp³-hybridized carbons (Fsp3) is 0.862. The van der Waals surface area contributed by atoms with Gasteiger partial charge in [0.25, 0.3) is 0 Å². The minimum absolute atomic E-state index is 0.0285. The fourth-order valence-corrected chi connectivity index (χ4v) is 8.84. The summed E-state index contributed by atoms with van der Waals surface area (Å²) in [6.45, 7) is 13.9. The lowest BCUT2D eigenvalue weighted by Gasteiger charge is -2.58. The Balaban J connectivity index is 1.56. The van der Waals surface area contributed by atoms with E-state index in [-0.39, 0.29) is 22.9 Å². The Bertz CT molecular complexity index is 741. The molecule has 4 rings (SSSR count). The quantitative estimate of drug-likeness (QED) is 0.458. The van der Waals surface area contributed by atoms with E-state index in [4.69, 9.17) is 0 Å². The maximum absolute atomic E-state index is 11.3. The summed E-state index contributed by atoms with van der Waals surface area (Å²) >= 11 is 0. The molecule has 0 radical (unpaired) electrons. The van der Waals surface area contributed by atoms with Gasteiger partial charge in [-0.15, -0.1) is 0 Å². The Kier molecular flexibility index (Phi) is 6.78. The highest BCUT2D eigenvalue weighted by Gasteiger charge is 2.61. The summed E-state index contributed by atoms with van der Waals surface area (Å²) in [7, 11) is 0. The van der Waals surface area contributed by atoms with Crippen LogP contribution in [0.5, 0.6) is 0 Å². The topological polar surface area (TPSA) is 60.7 Å². The van der Waals surface area contributed by atoms with Crippen LogP contribution in [0.15, 0.2) is 23.8 Å². The maximum Gasteiger partial charge on any atom is 0.0758 e. The lowest BCUT2D eigenvalue weighted by molar-refractivity contribution is -0.0886. The Morgan fingerprint density at radius 1 is 1.06 bits per heavy atom. The smallest absolute Gasteiger partial charge is 0.0758 e. The van der Waals surface area contributed by atoms with E-state index >= 15 is 0 Å². The molecule has 0 aromatic rings. The average Bonchev–Trinajstić information content (AvgIpc) is 3.09. The van der Waals surface area contributed by atoms with Crippen LogP contribution in [0.1, 0.15) is 86.5 Å². The predicted octanol–water partition coefficient (Wildman–Crippen LogP) is 5.74. The van der Waals surface area contributed by atoms with Crippen LogP contribution in [0, 0.1) is 52.3 Å². The summed E-state index contributed by atoms with van der Waals surface area (Å²) in [5, 5.41) is 32.7. The van der Waals surface area contributed by atoms with E-state index in [1.54, 1.807) is 0 Å². The molecule has 0 spiro atoms. The van der Waals surface area contributed by atoms with Crippen LogP contribution in [-0.4, -0.2) is 33.6 Å². The normalized spacial score (nSPS) is 46.1. The van der Waals surface area contributed by atoms with Gasteiger partial charge in [0, 0.05) is 5.41 Å². The van der Waals surface area contributed by atoms with Crippen molar-refractivity contribution in [2.24, 2.45) is 52.3 Å². The molecule has 4 aliphatic carbocycles. The number of hydrogen-bond donors (Lipinski definition) is 3. The van der Waals surface area contributed by atoms with E-state index in [2.05, 4.69) is 53.7 Å². The summed E-state index contributed by atoms with van der Waals surface area (Å²) in [5.74, 6) is 3.29. The second-order valence-electron chi connectivity index (χ2n) is 12.7. The zero-order chi connectivity index (χ0) is 23.4. The number of aliphatic hydroxyl groups is 3. The lowest BCUT2D eigenvalue weighted by atomic mass is 9.47. The number of allylic oxidation sites excluding steroid dienone is 1. The van der Waals surface area contributed by atoms with Crippen LogP contribution in [-0.2, 0) is 0 Å². The van der Waals surface area contributed by atoms with Gasteiger partial charge in [-0.2, -0.15) is 0 Å². The molecule has 0 heterocycles. The molecule has 0 aromatic heterocycles. The van der Waals surface area contributed by atoms with Gasteiger partial charge in [0.15, 0.2) is 0 Å². The van der Waals surface area contributed by atoms with E-state index in [0.29, 0.717) is 41.9 Å². The first-order valence-corrected chi connectivity index (χ1v) is 13.5. The first-order valence-electron chi connectivity index (χ1n) is 13.5. The van der Waals surface area contributed by atoms with Crippen molar-refractivity contribution in [3.05, 3.63) is 23.8 Å². The molecule has 2 fully saturated rings. The van der Waals surface area contributed by atoms with Crippen LogP contribution < -0.4 is 0 Å². The van der Waals surface area contributed by atoms with Crippen molar-refractivity contribution in [2.75, 3.05) is 0 Å². The summed E-state index contributed by atoms with van der Waals surface area (Å²) in [5.41, 5.74) is 1.41. The van der Waals surface area contributed by atoms with Gasteiger partial charge >= 0.3 is 0 Å². The molecule has 3 nitrogen and oxygen atoms in total. The molecule has 0 aliphatic heterocycles. The van der Waals surface area contributed by atoms with Crippen LogP contribution in [0.3, 0.4) is 0 Å². The average molecular weight is 445 g/mol. The number of fused-ring (bicyclic) bond motifs is 5. The molecule has 0 bridgehead atoms. The second kappa shape index (κ2) is 8.86. The molecule has 32 heavy (non-hydrogen) atoms. The van der Waals surface area contributed by atoms with Crippen molar-refractivity contribution >= 4 is 0 Å². The van der Waals surface area contributed by atoms with Gasteiger partial charge in [-0.05, 0) is 85.4 Å². The van der Waals surface area contributed by atoms with Gasteiger partial charge in [-0.3, -0.25) is 0 Å². The molecule has 0 amide bonds. The third-order valence-electron chi connectivity index (χ3n) is 11.0. The molecule has 0 saturated heterocycles. The molecule has 182 valence electrons. The SMILES string of the molecule is CC[C@H](CC(O)[C@H](C)[C@H]1CC[C@H]2[C@H]3C(O)C=C4CC(O)C=C[C@@]4(C)[C@H]3CC[C@]12C)C(C)C. The van der Waals surface area contributed by atoms with Crippen LogP contribution >= 0.6 is 0 Å². The van der Waals surface area contributed by atoms with Gasteiger partial charge in [0.1, 0.15) is 0 Å². The summed E-state index contributed by atoms with van der Waals surface area (Å²) in [4.78, 5) is 0. The Morgan fingerprint density at radius 2 is 1.78 bits per heavy atom. The van der Waals surface area contributed by atoms with Gasteiger partial charge in [-0.25, -0.2) is 0 Å². The molecule has 3 heteroatoms. The molecule has 2 saturated carbocycles. The molecule has 4 aliphatic rings. The van der Waals surface area contributed by atoms with E-state index in [9.17, 15) is 15.3 Å². The van der Waals surface area contributed by atoms with Gasteiger partial charge in [0.2, 0.25) is 0 Å². The van der Waals surface area contributed by atoms with Crippen molar-refractivity contribution in [3.63, 3.8) is 0 Å². The molecule has 11 atom stereocenters. The highest BCUT2D eigenvalue weighted by Crippen LogP contribution is 2.66. The van der Waals surface area contributed by atoms with Crippen LogP contribution in [0.2, 0.25) is 0 Å². The molecular formula is C29H48O3. The van der Waals surface area contributed by atoms with Crippen LogP contribution in [0.25, 0.3) is 0 Å². The highest BCUT2D eigenvalue weighted by molar-refractivity contribution is 5.34. The first-order chi connectivity index (χ1) is 15.0. The van der Waals surface area contributed by atoms with E-state index in [1.807, 2.05) is 6.08 Å². The standard InChI is InChI=1S/C29H48O3/c1-7-19(17(2)3)14-25(31)18(4)22-8-9-23-27-24(11-13-29(22,23)6)28(5)12-10-21(30)15-20(28)16-26(27)32/h10,12,16-19,21-27,30-32H,7-9,11,13-15H2,1-6H3/t18-,19-,21?,22-,23+,24+,25?,26?,27-,28-,29-/m1/s1. The Labute approximate surface area is 196 Å². The number of aliphatic hydroxyl groups excluding tert-OH is 3. The zero-order valence-electron chi connectivity index (χ0n) is 21.3. The molecule has 3 N–H and O–H groups in total. The summed E-state index contributed by atoms with van der Waals surface area (Å²) in [6, 6.07) is 0. The summed E-state index contributed by atoms with van der Waals surface area (Å²) in [6.07, 6.45) is 12.6. The maximum atomic E-state index is 11.3. The third-order valence-corrected chi connectivity index (χ3v) is 11.0. The van der Waals surface area contributed by atoms with Gasteiger partial charge in [0.05, 0.1) is 18.3 Å². The highest BCUT2D eigenvalue weighted by atomic mass is 16.3. The third kappa shape index (κ3) is 3.85. The molecular weight excluding hydrogens is 396 g/mol. The van der Waals surface area contributed by atoms with Crippen molar-refractivity contribution in [2.45, 2.75) is 105 Å². The zero-order valence-corrected chi connectivity index (χ0v) is 21.3.